The molecule has 0 N–H and O–H groups in total. The van der Waals surface area contributed by atoms with Crippen LogP contribution in [0.25, 0.3) is 121 Å². The zero-order chi connectivity index (χ0) is 40.7. The highest BCUT2D eigenvalue weighted by atomic mass is 15.1. The van der Waals surface area contributed by atoms with Gasteiger partial charge in [-0.3, -0.25) is 4.57 Å². The van der Waals surface area contributed by atoms with Crippen LogP contribution in [0.15, 0.2) is 218 Å². The van der Waals surface area contributed by atoms with Crippen LogP contribution >= 0.6 is 0 Å². The molecule has 0 bridgehead atoms. The number of para-hydroxylation sites is 4. The Morgan fingerprint density at radius 2 is 0.968 bits per heavy atom. The molecule has 4 nitrogen and oxygen atoms in total. The molecule has 0 fully saturated rings. The molecule has 13 rings (SSSR count). The summed E-state index contributed by atoms with van der Waals surface area (Å²) in [5.74, 6) is 0.803. The third kappa shape index (κ3) is 5.27. The molecule has 0 aliphatic carbocycles. The van der Waals surface area contributed by atoms with Gasteiger partial charge in [0.15, 0.2) is 5.82 Å². The van der Waals surface area contributed by atoms with E-state index in [0.717, 1.165) is 50.2 Å². The standard InChI is InChI=1S/C58H36N4/c1-3-14-37(15-4-1)40-28-26-38-27-29-42(35-43(38)34-40)56-58(60-51-23-11-10-22-50(51)59-56)62-54-25-13-21-45(55(54)48-32-30-39-16-7-8-19-46(39)57(48)62)41-31-33-53-49(36-41)47-20-9-12-24-52(47)61(53)44-17-5-2-6-18-44/h1-36H. The number of nitrogens with zero attached hydrogens (tertiary/aromatic N) is 4. The van der Waals surface area contributed by atoms with Gasteiger partial charge >= 0.3 is 0 Å². The highest BCUT2D eigenvalue weighted by Crippen LogP contribution is 2.44. The first-order chi connectivity index (χ1) is 30.7. The van der Waals surface area contributed by atoms with Crippen molar-refractivity contribution in [3.63, 3.8) is 0 Å². The highest BCUT2D eigenvalue weighted by molar-refractivity contribution is 6.23. The van der Waals surface area contributed by atoms with Gasteiger partial charge in [0.2, 0.25) is 0 Å². The van der Waals surface area contributed by atoms with Crippen molar-refractivity contribution in [1.82, 2.24) is 19.1 Å². The minimum Gasteiger partial charge on any atom is -0.309 e. The lowest BCUT2D eigenvalue weighted by Crippen LogP contribution is -2.04. The van der Waals surface area contributed by atoms with Gasteiger partial charge in [-0.1, -0.05) is 158 Å². The number of rotatable bonds is 5. The van der Waals surface area contributed by atoms with Gasteiger partial charge in [0, 0.05) is 38.2 Å². The molecular formula is C58H36N4. The Hall–Kier alpha value is -8.34. The molecule has 13 aromatic rings. The van der Waals surface area contributed by atoms with E-state index in [1.165, 1.54) is 71.0 Å². The Bertz CT molecular complexity index is 3920. The van der Waals surface area contributed by atoms with Crippen molar-refractivity contribution in [2.24, 2.45) is 0 Å². The third-order valence-corrected chi connectivity index (χ3v) is 12.7. The third-order valence-electron chi connectivity index (χ3n) is 12.7. The maximum absolute atomic E-state index is 5.55. The van der Waals surface area contributed by atoms with Crippen LogP contribution in [-0.4, -0.2) is 19.1 Å². The molecule has 0 radical (unpaired) electrons. The van der Waals surface area contributed by atoms with E-state index in [9.17, 15) is 0 Å². The smallest absolute Gasteiger partial charge is 0.165 e. The molecule has 62 heavy (non-hydrogen) atoms. The van der Waals surface area contributed by atoms with Gasteiger partial charge < -0.3 is 4.57 Å². The zero-order valence-electron chi connectivity index (χ0n) is 33.6. The van der Waals surface area contributed by atoms with E-state index in [1.807, 2.05) is 12.1 Å². The molecule has 0 unspecified atom stereocenters. The Kier molecular flexibility index (Phi) is 7.57. The van der Waals surface area contributed by atoms with E-state index >= 15 is 0 Å². The van der Waals surface area contributed by atoms with Crippen molar-refractivity contribution >= 4 is 76.2 Å². The number of benzene rings is 10. The summed E-state index contributed by atoms with van der Waals surface area (Å²) in [6.45, 7) is 0. The van der Waals surface area contributed by atoms with Crippen LogP contribution in [0.5, 0.6) is 0 Å². The van der Waals surface area contributed by atoms with Crippen molar-refractivity contribution in [2.75, 3.05) is 0 Å². The topological polar surface area (TPSA) is 35.6 Å². The number of fused-ring (bicyclic) bond motifs is 10. The molecule has 0 aliphatic rings. The van der Waals surface area contributed by atoms with Crippen molar-refractivity contribution in [3.8, 4) is 45.0 Å². The van der Waals surface area contributed by atoms with Crippen LogP contribution in [0.1, 0.15) is 0 Å². The highest BCUT2D eigenvalue weighted by Gasteiger charge is 2.23. The summed E-state index contributed by atoms with van der Waals surface area (Å²) in [4.78, 5) is 11.0. The van der Waals surface area contributed by atoms with E-state index in [4.69, 9.17) is 9.97 Å². The first-order valence-electron chi connectivity index (χ1n) is 21.2. The molecule has 0 spiro atoms. The molecule has 0 amide bonds. The molecule has 0 aliphatic heterocycles. The van der Waals surface area contributed by atoms with Gasteiger partial charge in [0.25, 0.3) is 0 Å². The lowest BCUT2D eigenvalue weighted by molar-refractivity contribution is 1.08. The van der Waals surface area contributed by atoms with E-state index in [0.29, 0.717) is 0 Å². The van der Waals surface area contributed by atoms with Gasteiger partial charge in [0.1, 0.15) is 5.69 Å². The average Bonchev–Trinajstić information content (AvgIpc) is 3.87. The van der Waals surface area contributed by atoms with Gasteiger partial charge in [-0.25, -0.2) is 9.97 Å². The predicted molar refractivity (Wildman–Crippen MR) is 260 cm³/mol. The number of aromatic nitrogens is 4. The summed E-state index contributed by atoms with van der Waals surface area (Å²) < 4.78 is 4.76. The Balaban J connectivity index is 1.10. The zero-order valence-corrected chi connectivity index (χ0v) is 33.6. The summed E-state index contributed by atoms with van der Waals surface area (Å²) in [5.41, 5.74) is 14.0. The minimum absolute atomic E-state index is 0.803. The lowest BCUT2D eigenvalue weighted by atomic mass is 9.97. The van der Waals surface area contributed by atoms with Crippen molar-refractivity contribution in [1.29, 1.82) is 0 Å². The average molecular weight is 789 g/mol. The fraction of sp³-hybridized carbons (Fsp3) is 0. The fourth-order valence-corrected chi connectivity index (χ4v) is 9.83. The molecule has 3 heterocycles. The molecule has 288 valence electrons. The van der Waals surface area contributed by atoms with Crippen LogP contribution in [0.4, 0.5) is 0 Å². The second-order valence-electron chi connectivity index (χ2n) is 16.2. The maximum atomic E-state index is 5.55. The molecule has 3 aromatic heterocycles. The lowest BCUT2D eigenvalue weighted by Gasteiger charge is -2.15. The maximum Gasteiger partial charge on any atom is 0.165 e. The van der Waals surface area contributed by atoms with Gasteiger partial charge in [-0.05, 0) is 99.1 Å². The number of hydrogen-bond donors (Lipinski definition) is 0. The number of hydrogen-bond acceptors (Lipinski definition) is 2. The Morgan fingerprint density at radius 1 is 0.323 bits per heavy atom. The normalized spacial score (nSPS) is 11.9. The SMILES string of the molecule is c1ccc(-c2ccc3ccc(-c4nc5ccccc5nc4-n4c5cccc(-c6ccc7c(c6)c6ccccc6n7-c6ccccc6)c5c5ccc6ccccc6c54)cc3c2)cc1. The molecule has 10 aromatic carbocycles. The Morgan fingerprint density at radius 3 is 1.82 bits per heavy atom. The van der Waals surface area contributed by atoms with Gasteiger partial charge in [-0.2, -0.15) is 0 Å². The molecule has 0 saturated heterocycles. The quantitative estimate of drug-likeness (QED) is 0.174. The molecular weight excluding hydrogens is 753 g/mol. The summed E-state index contributed by atoms with van der Waals surface area (Å²) in [6, 6.07) is 78.6. The molecule has 4 heteroatoms. The minimum atomic E-state index is 0.803. The van der Waals surface area contributed by atoms with Crippen molar-refractivity contribution in [2.45, 2.75) is 0 Å². The van der Waals surface area contributed by atoms with Gasteiger partial charge in [0.05, 0.1) is 33.1 Å². The summed E-state index contributed by atoms with van der Waals surface area (Å²) in [5, 5.41) is 9.50. The molecule has 0 atom stereocenters. The second-order valence-corrected chi connectivity index (χ2v) is 16.2. The van der Waals surface area contributed by atoms with Crippen LogP contribution in [0, 0.1) is 0 Å². The van der Waals surface area contributed by atoms with Crippen LogP contribution < -0.4 is 0 Å². The second kappa shape index (κ2) is 13.6. The van der Waals surface area contributed by atoms with E-state index in [2.05, 4.69) is 215 Å². The van der Waals surface area contributed by atoms with Crippen molar-refractivity contribution in [3.05, 3.63) is 218 Å². The fourth-order valence-electron chi connectivity index (χ4n) is 9.83. The first-order valence-corrected chi connectivity index (χ1v) is 21.2. The monoisotopic (exact) mass is 788 g/mol. The summed E-state index contributed by atoms with van der Waals surface area (Å²) in [7, 11) is 0. The van der Waals surface area contributed by atoms with E-state index in [-0.39, 0.29) is 0 Å². The first kappa shape index (κ1) is 34.5. The van der Waals surface area contributed by atoms with E-state index < -0.39 is 0 Å². The Labute approximate surface area is 357 Å². The summed E-state index contributed by atoms with van der Waals surface area (Å²) >= 11 is 0. The van der Waals surface area contributed by atoms with Crippen molar-refractivity contribution < 1.29 is 0 Å². The van der Waals surface area contributed by atoms with E-state index in [1.54, 1.807) is 0 Å². The largest absolute Gasteiger partial charge is 0.309 e. The van der Waals surface area contributed by atoms with Crippen LogP contribution in [0.3, 0.4) is 0 Å². The molecule has 0 saturated carbocycles. The van der Waals surface area contributed by atoms with Crippen LogP contribution in [-0.2, 0) is 0 Å². The van der Waals surface area contributed by atoms with Crippen LogP contribution in [0.2, 0.25) is 0 Å². The predicted octanol–water partition coefficient (Wildman–Crippen LogP) is 15.1. The summed E-state index contributed by atoms with van der Waals surface area (Å²) in [6.07, 6.45) is 0. The van der Waals surface area contributed by atoms with Gasteiger partial charge in [-0.15, -0.1) is 0 Å².